The third kappa shape index (κ3) is 6.60. The molecule has 0 aliphatic carbocycles. The molecule has 0 saturated carbocycles. The summed E-state index contributed by atoms with van der Waals surface area (Å²) in [6.07, 6.45) is 1.82. The van der Waals surface area contributed by atoms with Gasteiger partial charge < -0.3 is 16.0 Å². The number of benzene rings is 1. The van der Waals surface area contributed by atoms with Crippen LogP contribution in [0.4, 0.5) is 5.69 Å². The fourth-order valence-electron chi connectivity index (χ4n) is 1.88. The molecule has 0 bridgehead atoms. The number of halogens is 1. The molecular weight excluding hydrogens is 290 g/mol. The molecule has 1 aromatic rings. The summed E-state index contributed by atoms with van der Waals surface area (Å²) in [5.41, 5.74) is 6.07. The number of rotatable bonds is 8. The van der Waals surface area contributed by atoms with Gasteiger partial charge in [0.05, 0.1) is 6.54 Å². The van der Waals surface area contributed by atoms with Crippen molar-refractivity contribution in [3.63, 3.8) is 0 Å². The molecule has 0 aliphatic rings. The first-order valence-electron chi connectivity index (χ1n) is 7.10. The van der Waals surface area contributed by atoms with Crippen molar-refractivity contribution in [3.8, 4) is 0 Å². The van der Waals surface area contributed by atoms with E-state index in [1.807, 2.05) is 6.92 Å². The summed E-state index contributed by atoms with van der Waals surface area (Å²) in [7, 11) is 0. The van der Waals surface area contributed by atoms with Crippen molar-refractivity contribution in [2.45, 2.75) is 26.2 Å². The van der Waals surface area contributed by atoms with E-state index >= 15 is 0 Å². The first-order valence-corrected chi connectivity index (χ1v) is 7.48. The van der Waals surface area contributed by atoms with Crippen LogP contribution in [0.1, 0.15) is 26.2 Å². The van der Waals surface area contributed by atoms with Crippen LogP contribution in [0.3, 0.4) is 0 Å². The van der Waals surface area contributed by atoms with E-state index in [9.17, 15) is 9.59 Å². The van der Waals surface area contributed by atoms with Crippen LogP contribution in [0.5, 0.6) is 0 Å². The molecule has 0 heterocycles. The van der Waals surface area contributed by atoms with Crippen LogP contribution in [0.15, 0.2) is 24.3 Å². The van der Waals surface area contributed by atoms with Crippen molar-refractivity contribution in [3.05, 3.63) is 29.3 Å². The van der Waals surface area contributed by atoms with Gasteiger partial charge in [0.25, 0.3) is 0 Å². The van der Waals surface area contributed by atoms with Crippen molar-refractivity contribution in [1.82, 2.24) is 4.90 Å². The second-order valence-electron chi connectivity index (χ2n) is 4.76. The Labute approximate surface area is 130 Å². The van der Waals surface area contributed by atoms with E-state index in [1.165, 1.54) is 0 Å². The minimum atomic E-state index is -0.216. The molecule has 0 aromatic heterocycles. The Morgan fingerprint density at radius 3 is 2.52 bits per heavy atom. The fraction of sp³-hybridized carbons (Fsp3) is 0.467. The summed E-state index contributed by atoms with van der Waals surface area (Å²) in [5.74, 6) is -0.250. The van der Waals surface area contributed by atoms with Crippen LogP contribution >= 0.6 is 11.6 Å². The molecule has 1 rings (SSSR count). The van der Waals surface area contributed by atoms with Crippen molar-refractivity contribution >= 4 is 29.1 Å². The summed E-state index contributed by atoms with van der Waals surface area (Å²) in [5, 5.41) is 3.36. The SMILES string of the molecule is CCCN(CC(=O)Nc1ccc(Cl)cc1)C(=O)CCCN. The average molecular weight is 312 g/mol. The second kappa shape index (κ2) is 9.37. The Bertz CT molecular complexity index is 462. The lowest BCUT2D eigenvalue weighted by Crippen LogP contribution is -2.38. The standard InChI is InChI=1S/C15H22ClN3O2/c1-2-10-19(15(21)4-3-9-17)11-14(20)18-13-7-5-12(16)6-8-13/h5-8H,2-4,9-11,17H2,1H3,(H,18,20). The van der Waals surface area contributed by atoms with E-state index in [1.54, 1.807) is 29.2 Å². The van der Waals surface area contributed by atoms with E-state index in [0.717, 1.165) is 6.42 Å². The molecule has 3 N–H and O–H groups in total. The van der Waals surface area contributed by atoms with E-state index < -0.39 is 0 Å². The molecule has 0 spiro atoms. The fourth-order valence-corrected chi connectivity index (χ4v) is 2.01. The monoisotopic (exact) mass is 311 g/mol. The molecular formula is C15H22ClN3O2. The van der Waals surface area contributed by atoms with E-state index in [4.69, 9.17) is 17.3 Å². The summed E-state index contributed by atoms with van der Waals surface area (Å²) in [4.78, 5) is 25.6. The smallest absolute Gasteiger partial charge is 0.243 e. The van der Waals surface area contributed by atoms with Gasteiger partial charge in [0.1, 0.15) is 0 Å². The van der Waals surface area contributed by atoms with Crippen molar-refractivity contribution in [2.75, 3.05) is 25.0 Å². The van der Waals surface area contributed by atoms with Crippen LogP contribution in [0.2, 0.25) is 5.02 Å². The number of nitrogens with zero attached hydrogens (tertiary/aromatic N) is 1. The predicted octanol–water partition coefficient (Wildman–Crippen LogP) is 2.26. The maximum atomic E-state index is 12.0. The maximum absolute atomic E-state index is 12.0. The zero-order valence-electron chi connectivity index (χ0n) is 12.3. The lowest BCUT2D eigenvalue weighted by Gasteiger charge is -2.21. The number of carbonyl (C=O) groups excluding carboxylic acids is 2. The Morgan fingerprint density at radius 1 is 1.29 bits per heavy atom. The van der Waals surface area contributed by atoms with E-state index in [2.05, 4.69) is 5.32 Å². The highest BCUT2D eigenvalue weighted by atomic mass is 35.5. The maximum Gasteiger partial charge on any atom is 0.243 e. The Morgan fingerprint density at radius 2 is 1.95 bits per heavy atom. The van der Waals surface area contributed by atoms with Crippen LogP contribution in [-0.2, 0) is 9.59 Å². The molecule has 2 amide bonds. The summed E-state index contributed by atoms with van der Waals surface area (Å²) in [6, 6.07) is 6.85. The summed E-state index contributed by atoms with van der Waals surface area (Å²) < 4.78 is 0. The van der Waals surface area contributed by atoms with Gasteiger partial charge in [-0.25, -0.2) is 0 Å². The zero-order valence-corrected chi connectivity index (χ0v) is 13.0. The van der Waals surface area contributed by atoms with Crippen LogP contribution in [0.25, 0.3) is 0 Å². The van der Waals surface area contributed by atoms with Gasteiger partial charge >= 0.3 is 0 Å². The summed E-state index contributed by atoms with van der Waals surface area (Å²) in [6.45, 7) is 3.07. The van der Waals surface area contributed by atoms with Crippen LogP contribution in [0, 0.1) is 0 Å². The topological polar surface area (TPSA) is 75.4 Å². The Hall–Kier alpha value is -1.59. The summed E-state index contributed by atoms with van der Waals surface area (Å²) >= 11 is 5.79. The number of amides is 2. The van der Waals surface area contributed by atoms with Gasteiger partial charge in [-0.15, -0.1) is 0 Å². The van der Waals surface area contributed by atoms with Crippen LogP contribution in [-0.4, -0.2) is 36.3 Å². The van der Waals surface area contributed by atoms with Crippen molar-refractivity contribution in [2.24, 2.45) is 5.73 Å². The molecule has 0 aliphatic heterocycles. The molecule has 0 radical (unpaired) electrons. The van der Waals surface area contributed by atoms with Crippen LogP contribution < -0.4 is 11.1 Å². The Balaban J connectivity index is 2.55. The van der Waals surface area contributed by atoms with Gasteiger partial charge in [-0.05, 0) is 43.7 Å². The minimum absolute atomic E-state index is 0.0337. The van der Waals surface area contributed by atoms with Gasteiger partial charge in [0.2, 0.25) is 11.8 Å². The molecule has 6 heteroatoms. The zero-order chi connectivity index (χ0) is 15.7. The first-order chi connectivity index (χ1) is 10.1. The largest absolute Gasteiger partial charge is 0.333 e. The van der Waals surface area contributed by atoms with Gasteiger partial charge in [0.15, 0.2) is 0 Å². The number of hydrogen-bond acceptors (Lipinski definition) is 3. The van der Waals surface area contributed by atoms with E-state index in [0.29, 0.717) is 36.6 Å². The van der Waals surface area contributed by atoms with Crippen molar-refractivity contribution < 1.29 is 9.59 Å². The molecule has 0 saturated heterocycles. The third-order valence-corrected chi connectivity index (χ3v) is 3.16. The molecule has 1 aromatic carbocycles. The first kappa shape index (κ1) is 17.5. The van der Waals surface area contributed by atoms with E-state index in [-0.39, 0.29) is 18.4 Å². The number of nitrogens with one attached hydrogen (secondary N) is 1. The normalized spacial score (nSPS) is 10.2. The van der Waals surface area contributed by atoms with Crippen molar-refractivity contribution in [1.29, 1.82) is 0 Å². The quantitative estimate of drug-likeness (QED) is 0.773. The highest BCUT2D eigenvalue weighted by molar-refractivity contribution is 6.30. The second-order valence-corrected chi connectivity index (χ2v) is 5.20. The van der Waals surface area contributed by atoms with Gasteiger partial charge in [-0.3, -0.25) is 9.59 Å². The Kier molecular flexibility index (Phi) is 7.79. The third-order valence-electron chi connectivity index (χ3n) is 2.90. The molecule has 21 heavy (non-hydrogen) atoms. The molecule has 116 valence electrons. The van der Waals surface area contributed by atoms with Gasteiger partial charge in [-0.2, -0.15) is 0 Å². The lowest BCUT2D eigenvalue weighted by atomic mass is 10.2. The number of nitrogens with two attached hydrogens (primary N) is 1. The number of hydrogen-bond donors (Lipinski definition) is 2. The number of carbonyl (C=O) groups is 2. The minimum Gasteiger partial charge on any atom is -0.333 e. The average Bonchev–Trinajstić information content (AvgIpc) is 2.46. The lowest BCUT2D eigenvalue weighted by molar-refractivity contribution is -0.134. The molecule has 0 unspecified atom stereocenters. The molecule has 0 atom stereocenters. The van der Waals surface area contributed by atoms with Gasteiger partial charge in [0, 0.05) is 23.7 Å². The number of anilines is 1. The highest BCUT2D eigenvalue weighted by Crippen LogP contribution is 2.13. The molecule has 5 nitrogen and oxygen atoms in total. The predicted molar refractivity (Wildman–Crippen MR) is 85.2 cm³/mol. The molecule has 0 fully saturated rings. The van der Waals surface area contributed by atoms with Gasteiger partial charge in [-0.1, -0.05) is 18.5 Å². The highest BCUT2D eigenvalue weighted by Gasteiger charge is 2.15.